The van der Waals surface area contributed by atoms with Gasteiger partial charge in [-0.15, -0.1) is 6.42 Å². The van der Waals surface area contributed by atoms with Gasteiger partial charge < -0.3 is 10.6 Å². The number of hydrogen-bond donors (Lipinski definition) is 0. The Balaban J connectivity index is -0.000000249. The molecule has 0 spiro atoms. The van der Waals surface area contributed by atoms with Gasteiger partial charge >= 0.3 is 34.9 Å². The van der Waals surface area contributed by atoms with E-state index in [1.807, 2.05) is 46.8 Å². The standard InChI is InChI=1S/C7H9.C5H5.2C4H10N.C2H4.Zr/c1-6-3-4-7(2)5-6;1-2-4-5-3-1;2*1-3-5-4-2;1-2;/h3H,4H2,1-2H3;1-3H,4H2;2*3-4H2,1-2H3;1H,2H3;/q4*-1;;. The summed E-state index contributed by atoms with van der Waals surface area (Å²) in [5.41, 5.74) is 2.65. The van der Waals surface area contributed by atoms with Gasteiger partial charge in [-0.05, 0) is 0 Å². The van der Waals surface area contributed by atoms with E-state index in [2.05, 4.69) is 52.5 Å². The van der Waals surface area contributed by atoms with Crippen LogP contribution in [0.4, 0.5) is 0 Å². The molecule has 2 aliphatic rings. The van der Waals surface area contributed by atoms with Crippen molar-refractivity contribution in [3.63, 3.8) is 0 Å². The van der Waals surface area contributed by atoms with Crippen LogP contribution in [0.15, 0.2) is 35.5 Å². The van der Waals surface area contributed by atoms with Gasteiger partial charge in [0.25, 0.3) is 0 Å². The van der Waals surface area contributed by atoms with E-state index < -0.39 is 0 Å². The maximum absolute atomic E-state index is 3.97. The van der Waals surface area contributed by atoms with Crippen LogP contribution in [0.1, 0.15) is 61.3 Å². The molecule has 0 saturated heterocycles. The van der Waals surface area contributed by atoms with Gasteiger partial charge in [-0.3, -0.25) is 12.2 Å². The molecule has 0 fully saturated rings. The average molecular weight is 422 g/mol. The molecule has 0 aromatic carbocycles. The van der Waals surface area contributed by atoms with E-state index in [9.17, 15) is 0 Å². The predicted octanol–water partition coefficient (Wildman–Crippen LogP) is 6.55. The maximum atomic E-state index is 3.97. The minimum absolute atomic E-state index is 0.969. The second-order valence-electron chi connectivity index (χ2n) is 5.00. The summed E-state index contributed by atoms with van der Waals surface area (Å²) in [7, 11) is 0. The van der Waals surface area contributed by atoms with Crippen LogP contribution in [-0.2, 0) is 24.2 Å². The van der Waals surface area contributed by atoms with Crippen LogP contribution < -0.4 is 0 Å². The van der Waals surface area contributed by atoms with Crippen molar-refractivity contribution >= 4 is 3.71 Å². The third-order valence-electron chi connectivity index (χ3n) is 2.61. The van der Waals surface area contributed by atoms with Crippen LogP contribution in [0.25, 0.3) is 10.6 Å². The van der Waals surface area contributed by atoms with Crippen molar-refractivity contribution in [2.45, 2.75) is 61.3 Å². The minimum atomic E-state index is 0.969. The van der Waals surface area contributed by atoms with Gasteiger partial charge in [0.1, 0.15) is 0 Å². The monoisotopic (exact) mass is 420 g/mol. The van der Waals surface area contributed by atoms with E-state index in [1.54, 1.807) is 0 Å². The molecule has 0 atom stereocenters. The summed E-state index contributed by atoms with van der Waals surface area (Å²) in [4.78, 5) is 0. The molecule has 0 unspecified atom stereocenters. The van der Waals surface area contributed by atoms with Gasteiger partial charge in [-0.25, -0.2) is 23.8 Å². The van der Waals surface area contributed by atoms with Crippen molar-refractivity contribution in [1.82, 2.24) is 0 Å². The van der Waals surface area contributed by atoms with Gasteiger partial charge in [-0.2, -0.15) is 37.8 Å². The molecule has 0 aromatic rings. The zero-order chi connectivity index (χ0) is 19.8. The Bertz CT molecular complexity index is 359. The van der Waals surface area contributed by atoms with E-state index in [0.29, 0.717) is 0 Å². The molecular formula is C22H38N2Zr-4. The average Bonchev–Trinajstić information content (AvgIpc) is 3.26. The molecule has 0 aromatic heterocycles. The van der Waals surface area contributed by atoms with Crippen LogP contribution >= 0.6 is 0 Å². The van der Waals surface area contributed by atoms with E-state index in [4.69, 9.17) is 0 Å². The summed E-state index contributed by atoms with van der Waals surface area (Å²) in [5, 5.41) is 7.94. The summed E-state index contributed by atoms with van der Waals surface area (Å²) in [6.07, 6.45) is 16.5. The van der Waals surface area contributed by atoms with Crippen molar-refractivity contribution in [3.8, 4) is 0 Å². The quantitative estimate of drug-likeness (QED) is 0.461. The topological polar surface area (TPSA) is 28.2 Å². The van der Waals surface area contributed by atoms with E-state index in [-0.39, 0.29) is 0 Å². The smallest absolute Gasteiger partial charge is 0.109 e. The van der Waals surface area contributed by atoms with E-state index >= 15 is 0 Å². The minimum Gasteiger partial charge on any atom is -0.273 e. The van der Waals surface area contributed by atoms with Gasteiger partial charge in [-0.1, -0.05) is 48.0 Å². The molecule has 2 nitrogen and oxygen atoms in total. The van der Waals surface area contributed by atoms with Crippen LogP contribution in [0, 0.1) is 12.2 Å². The van der Waals surface area contributed by atoms with Crippen LogP contribution in [0.5, 0.6) is 0 Å². The van der Waals surface area contributed by atoms with Gasteiger partial charge in [0.2, 0.25) is 0 Å². The Morgan fingerprint density at radius 3 is 1.60 bits per heavy atom. The molecule has 0 amide bonds. The van der Waals surface area contributed by atoms with Crippen molar-refractivity contribution in [1.29, 1.82) is 0 Å². The molecule has 0 radical (unpaired) electrons. The molecule has 2 rings (SSSR count). The zero-order valence-electron chi connectivity index (χ0n) is 17.5. The van der Waals surface area contributed by atoms with E-state index in [1.165, 1.54) is 35.4 Å². The molecule has 25 heavy (non-hydrogen) atoms. The van der Waals surface area contributed by atoms with Crippen molar-refractivity contribution in [2.24, 2.45) is 0 Å². The Hall–Kier alpha value is -0.367. The Kier molecular flexibility index (Phi) is 33.4. The fourth-order valence-corrected chi connectivity index (χ4v) is 1.53. The number of rotatable bonds is 4. The second kappa shape index (κ2) is 28.4. The molecule has 0 aliphatic heterocycles. The third kappa shape index (κ3) is 35.6. The number of allylic oxidation sites excluding steroid dienone is 8. The zero-order valence-corrected chi connectivity index (χ0v) is 20.0. The first-order valence-corrected chi connectivity index (χ1v) is 10.6. The number of nitrogens with zero attached hydrogens (tertiary/aromatic N) is 2. The van der Waals surface area contributed by atoms with Crippen LogP contribution in [0.2, 0.25) is 0 Å². The SMILES string of the molecule is CC1=[C-]C(C)=CC1.CC[N-]CC.CC[N-]CC.C[CH]=[Zr].[C-]1=CC=CC1. The predicted molar refractivity (Wildman–Crippen MR) is 113 cm³/mol. The summed E-state index contributed by atoms with van der Waals surface area (Å²) >= 11 is 1.51. The molecule has 0 bridgehead atoms. The second-order valence-corrected chi connectivity index (χ2v) is 6.42. The Morgan fingerprint density at radius 2 is 1.52 bits per heavy atom. The molecule has 144 valence electrons. The molecule has 0 saturated carbocycles. The summed E-state index contributed by atoms with van der Waals surface area (Å²) in [6.45, 7) is 18.3. The summed E-state index contributed by atoms with van der Waals surface area (Å²) in [6, 6.07) is 0. The van der Waals surface area contributed by atoms with Crippen molar-refractivity contribution < 1.29 is 24.2 Å². The molecule has 3 heteroatoms. The fraction of sp³-hybridized carbons (Fsp3) is 0.591. The first-order valence-electron chi connectivity index (χ1n) is 9.23. The molecular weight excluding hydrogens is 383 g/mol. The van der Waals surface area contributed by atoms with Gasteiger partial charge in [0, 0.05) is 0 Å². The van der Waals surface area contributed by atoms with Crippen LogP contribution in [0.3, 0.4) is 0 Å². The normalized spacial score (nSPS) is 12.7. The third-order valence-corrected chi connectivity index (χ3v) is 2.61. The Labute approximate surface area is 173 Å². The summed E-state index contributed by atoms with van der Waals surface area (Å²) in [5.74, 6) is 0. The van der Waals surface area contributed by atoms with Crippen molar-refractivity contribution in [3.05, 3.63) is 58.2 Å². The summed E-state index contributed by atoms with van der Waals surface area (Å²) < 4.78 is 2.09. The molecule has 0 N–H and O–H groups in total. The van der Waals surface area contributed by atoms with Crippen molar-refractivity contribution in [2.75, 3.05) is 26.2 Å². The molecule has 2 aliphatic carbocycles. The van der Waals surface area contributed by atoms with Crippen LogP contribution in [-0.4, -0.2) is 29.9 Å². The maximum Gasteiger partial charge on any atom is -0.109 e. The van der Waals surface area contributed by atoms with Gasteiger partial charge in [0.15, 0.2) is 0 Å². The number of hydrogen-bond acceptors (Lipinski definition) is 0. The largest absolute Gasteiger partial charge is 0.273 e. The first-order chi connectivity index (χ1) is 12.0. The fourth-order valence-electron chi connectivity index (χ4n) is 1.53. The van der Waals surface area contributed by atoms with Gasteiger partial charge in [0.05, 0.1) is 0 Å². The molecule has 0 heterocycles. The van der Waals surface area contributed by atoms with E-state index in [0.717, 1.165) is 39.0 Å². The first kappa shape index (κ1) is 29.4. The Morgan fingerprint density at radius 1 is 1.04 bits per heavy atom.